The van der Waals surface area contributed by atoms with Crippen LogP contribution in [-0.2, 0) is 19.5 Å². The van der Waals surface area contributed by atoms with Crippen LogP contribution in [-0.4, -0.2) is 4.89 Å². The maximum atomic E-state index is 11.5. The van der Waals surface area contributed by atoms with Crippen molar-refractivity contribution in [1.29, 1.82) is 0 Å². The van der Waals surface area contributed by atoms with Crippen LogP contribution in [0.4, 0.5) is 0 Å². The fraction of sp³-hybridized carbons (Fsp3) is 0.571. The second-order valence-electron chi connectivity index (χ2n) is 6.84. The van der Waals surface area contributed by atoms with Crippen molar-refractivity contribution in [3.63, 3.8) is 0 Å². The summed E-state index contributed by atoms with van der Waals surface area (Å²) in [6.45, 7) is 12.3. The maximum Gasteiger partial charge on any atom is 0.544 e. The lowest BCUT2D eigenvalue weighted by atomic mass is 9.80. The van der Waals surface area contributed by atoms with Gasteiger partial charge in [0.1, 0.15) is 5.75 Å². The normalized spacial score (nSPS) is 15.8. The molecule has 1 N–H and O–H groups in total. The minimum Gasteiger partial charge on any atom is -0.403 e. The van der Waals surface area contributed by atoms with E-state index in [1.165, 1.54) is 0 Å². The fourth-order valence-electron chi connectivity index (χ4n) is 1.80. The van der Waals surface area contributed by atoms with Gasteiger partial charge in [0, 0.05) is 5.56 Å². The highest BCUT2D eigenvalue weighted by Crippen LogP contribution is 2.48. The molecular weight excluding hydrogens is 299 g/mol. The summed E-state index contributed by atoms with van der Waals surface area (Å²) in [5, 5.41) is 0. The molecule has 1 aromatic rings. The average molecular weight is 321 g/mol. The Morgan fingerprint density at radius 3 is 2.05 bits per heavy atom. The van der Waals surface area contributed by atoms with E-state index < -0.39 is 7.82 Å². The van der Waals surface area contributed by atoms with E-state index in [9.17, 15) is 9.46 Å². The first-order valence-corrected chi connectivity index (χ1v) is 8.15. The van der Waals surface area contributed by atoms with Crippen LogP contribution in [0.5, 0.6) is 5.75 Å². The van der Waals surface area contributed by atoms with Gasteiger partial charge in [-0.25, -0.2) is 4.57 Å². The Kier molecular flexibility index (Phi) is 4.98. The predicted octanol–water partition coefficient (Wildman–Crippen LogP) is 4.93. The van der Waals surface area contributed by atoms with Crippen molar-refractivity contribution in [2.75, 3.05) is 0 Å². The van der Waals surface area contributed by atoms with Gasteiger partial charge in [-0.2, -0.15) is 4.08 Å². The van der Waals surface area contributed by atoms with Crippen LogP contribution in [0.25, 0.3) is 0 Å². The lowest BCUT2D eigenvalue weighted by Gasteiger charge is -2.27. The van der Waals surface area contributed by atoms with E-state index in [1.807, 2.05) is 32.9 Å². The molecule has 0 heterocycles. The molecule has 1 atom stereocenters. The second-order valence-corrected chi connectivity index (χ2v) is 8.51. The highest BCUT2D eigenvalue weighted by molar-refractivity contribution is 7.48. The van der Waals surface area contributed by atoms with E-state index in [2.05, 4.69) is 24.8 Å². The van der Waals surface area contributed by atoms with Gasteiger partial charge < -0.3 is 4.52 Å². The first kappa shape index (κ1) is 17.5. The SMILES string of the molecule is CC(C)(C)c1ccc(OP(=O)(O)OCl)c(C(C)(C)C)c1. The van der Waals surface area contributed by atoms with Gasteiger partial charge in [-0.15, -0.1) is 0 Å². The zero-order valence-electron chi connectivity index (χ0n) is 12.7. The van der Waals surface area contributed by atoms with Crippen molar-refractivity contribution < 1.29 is 18.1 Å². The van der Waals surface area contributed by atoms with E-state index in [0.717, 1.165) is 11.1 Å². The summed E-state index contributed by atoms with van der Waals surface area (Å²) < 4.78 is 20.5. The van der Waals surface area contributed by atoms with Gasteiger partial charge in [0.2, 0.25) is 0 Å². The van der Waals surface area contributed by atoms with Crippen molar-refractivity contribution in [2.24, 2.45) is 0 Å². The summed E-state index contributed by atoms with van der Waals surface area (Å²) in [6.07, 6.45) is 0. The molecular formula is C14H22ClO4P. The molecule has 0 aliphatic rings. The lowest BCUT2D eigenvalue weighted by Crippen LogP contribution is -2.17. The number of hydrogen-bond acceptors (Lipinski definition) is 3. The van der Waals surface area contributed by atoms with Crippen LogP contribution < -0.4 is 4.52 Å². The Hall–Kier alpha value is -0.540. The van der Waals surface area contributed by atoms with Gasteiger partial charge in [-0.3, -0.25) is 4.89 Å². The molecule has 114 valence electrons. The van der Waals surface area contributed by atoms with E-state index in [4.69, 9.17) is 16.4 Å². The van der Waals surface area contributed by atoms with Gasteiger partial charge in [0.05, 0.1) is 11.9 Å². The summed E-state index contributed by atoms with van der Waals surface area (Å²) in [7, 11) is -4.28. The number of phosphoric ester groups is 1. The molecule has 0 aliphatic carbocycles. The molecule has 1 aromatic carbocycles. The molecule has 0 amide bonds. The summed E-state index contributed by atoms with van der Waals surface area (Å²) in [4.78, 5) is 9.38. The predicted molar refractivity (Wildman–Crippen MR) is 81.2 cm³/mol. The summed E-state index contributed by atoms with van der Waals surface area (Å²) in [6, 6.07) is 5.54. The van der Waals surface area contributed by atoms with Crippen molar-refractivity contribution in [3.05, 3.63) is 29.3 Å². The van der Waals surface area contributed by atoms with Crippen LogP contribution in [0.15, 0.2) is 18.2 Å². The van der Waals surface area contributed by atoms with Crippen LogP contribution in [0.3, 0.4) is 0 Å². The van der Waals surface area contributed by atoms with Crippen LogP contribution in [0.2, 0.25) is 0 Å². The van der Waals surface area contributed by atoms with Crippen LogP contribution >= 0.6 is 19.7 Å². The molecule has 4 nitrogen and oxygen atoms in total. The summed E-state index contributed by atoms with van der Waals surface area (Å²) >= 11 is 4.98. The number of phosphoric acid groups is 1. The lowest BCUT2D eigenvalue weighted by molar-refractivity contribution is 0.297. The molecule has 1 unspecified atom stereocenters. The zero-order chi connectivity index (χ0) is 15.8. The van der Waals surface area contributed by atoms with E-state index in [0.29, 0.717) is 5.75 Å². The minimum atomic E-state index is -4.28. The van der Waals surface area contributed by atoms with Crippen molar-refractivity contribution >= 4 is 19.7 Å². The third-order valence-electron chi connectivity index (χ3n) is 2.95. The molecule has 0 fully saturated rings. The monoisotopic (exact) mass is 320 g/mol. The Labute approximate surface area is 125 Å². The third kappa shape index (κ3) is 4.49. The first-order chi connectivity index (χ1) is 8.87. The number of benzene rings is 1. The topological polar surface area (TPSA) is 55.8 Å². The van der Waals surface area contributed by atoms with Crippen molar-refractivity contribution in [2.45, 2.75) is 52.4 Å². The van der Waals surface area contributed by atoms with Gasteiger partial charge in [0.15, 0.2) is 0 Å². The minimum absolute atomic E-state index is 0.0234. The molecule has 6 heteroatoms. The third-order valence-corrected chi connectivity index (χ3v) is 4.08. The molecule has 0 saturated heterocycles. The Morgan fingerprint density at radius 2 is 1.65 bits per heavy atom. The van der Waals surface area contributed by atoms with Gasteiger partial charge in [0.25, 0.3) is 0 Å². The standard InChI is InChI=1S/C14H22ClO4P/c1-13(2,3)10-7-8-12(18-20(16,17)19-15)11(9-10)14(4,5)6/h7-9H,1-6H3,(H,16,17). The Morgan fingerprint density at radius 1 is 1.10 bits per heavy atom. The van der Waals surface area contributed by atoms with Crippen LogP contribution in [0, 0.1) is 0 Å². The fourth-order valence-corrected chi connectivity index (χ4v) is 2.32. The van der Waals surface area contributed by atoms with Crippen molar-refractivity contribution in [1.82, 2.24) is 0 Å². The van der Waals surface area contributed by atoms with Crippen LogP contribution in [0.1, 0.15) is 52.7 Å². The van der Waals surface area contributed by atoms with Gasteiger partial charge in [-0.05, 0) is 22.5 Å². The quantitative estimate of drug-likeness (QED) is 0.802. The van der Waals surface area contributed by atoms with Crippen molar-refractivity contribution in [3.8, 4) is 5.75 Å². The molecule has 0 saturated carbocycles. The summed E-state index contributed by atoms with van der Waals surface area (Å²) in [5.74, 6) is 0.303. The molecule has 0 radical (unpaired) electrons. The largest absolute Gasteiger partial charge is 0.544 e. The molecule has 0 bridgehead atoms. The Bertz CT molecular complexity index is 529. The molecule has 0 spiro atoms. The van der Waals surface area contributed by atoms with Gasteiger partial charge >= 0.3 is 7.82 Å². The molecule has 0 aromatic heterocycles. The zero-order valence-corrected chi connectivity index (χ0v) is 14.4. The number of halogens is 1. The second kappa shape index (κ2) is 5.69. The van der Waals surface area contributed by atoms with E-state index >= 15 is 0 Å². The van der Waals surface area contributed by atoms with E-state index in [1.54, 1.807) is 6.07 Å². The molecule has 20 heavy (non-hydrogen) atoms. The summed E-state index contributed by atoms with van der Waals surface area (Å²) in [5.41, 5.74) is 1.68. The average Bonchev–Trinajstić information content (AvgIpc) is 2.26. The number of rotatable bonds is 3. The first-order valence-electron chi connectivity index (χ1n) is 6.34. The van der Waals surface area contributed by atoms with E-state index in [-0.39, 0.29) is 10.8 Å². The smallest absolute Gasteiger partial charge is 0.403 e. The maximum absolute atomic E-state index is 11.5. The highest BCUT2D eigenvalue weighted by Gasteiger charge is 2.28. The molecule has 1 rings (SSSR count). The molecule has 0 aliphatic heterocycles. The number of hydrogen-bond donors (Lipinski definition) is 1. The Balaban J connectivity index is 3.36. The highest BCUT2D eigenvalue weighted by atomic mass is 35.5. The van der Waals surface area contributed by atoms with Gasteiger partial charge in [-0.1, -0.05) is 53.7 Å².